The summed E-state index contributed by atoms with van der Waals surface area (Å²) in [7, 11) is 0. The van der Waals surface area contributed by atoms with Gasteiger partial charge in [-0.1, -0.05) is 6.07 Å². The molecule has 2 aliphatic carbocycles. The number of hydrogen-bond donors (Lipinski definition) is 2. The second kappa shape index (κ2) is 11.1. The van der Waals surface area contributed by atoms with Crippen LogP contribution in [0.25, 0.3) is 10.9 Å². The van der Waals surface area contributed by atoms with Crippen LogP contribution in [0.15, 0.2) is 41.4 Å². The minimum absolute atomic E-state index is 0.399. The second-order valence-electron chi connectivity index (χ2n) is 10.9. The Morgan fingerprint density at radius 3 is 2.63 bits per heavy atom. The van der Waals surface area contributed by atoms with Gasteiger partial charge in [0, 0.05) is 0 Å². The third kappa shape index (κ3) is 5.67. The number of benzene rings is 1. The first kappa shape index (κ1) is 25.0. The van der Waals surface area contributed by atoms with Crippen LogP contribution < -0.4 is 11.1 Å². The molecule has 2 fully saturated rings. The third-order valence-corrected chi connectivity index (χ3v) is 13.7. The fraction of sp³-hybridized carbons (Fsp3) is 0.621. The van der Waals surface area contributed by atoms with Gasteiger partial charge in [-0.2, -0.15) is 0 Å². The molecule has 0 unspecified atom stereocenters. The van der Waals surface area contributed by atoms with Crippen molar-refractivity contribution in [3.05, 3.63) is 36.4 Å². The van der Waals surface area contributed by atoms with Crippen LogP contribution in [0.5, 0.6) is 0 Å². The fourth-order valence-electron chi connectivity index (χ4n) is 6.60. The predicted molar refractivity (Wildman–Crippen MR) is 155 cm³/mol. The number of aliphatic imine (C=N–C) groups is 1. The molecule has 35 heavy (non-hydrogen) atoms. The van der Waals surface area contributed by atoms with Gasteiger partial charge in [0.15, 0.2) is 0 Å². The Balaban J connectivity index is 1.27. The van der Waals surface area contributed by atoms with Crippen molar-refractivity contribution in [3.8, 4) is 0 Å². The number of anilines is 1. The Labute approximate surface area is 217 Å². The first-order valence-corrected chi connectivity index (χ1v) is 17.4. The van der Waals surface area contributed by atoms with Crippen LogP contribution in [0.2, 0.25) is 0 Å². The van der Waals surface area contributed by atoms with E-state index in [9.17, 15) is 4.79 Å². The van der Waals surface area contributed by atoms with E-state index in [0.29, 0.717) is 15.7 Å². The van der Waals surface area contributed by atoms with E-state index in [0.717, 1.165) is 57.6 Å². The summed E-state index contributed by atoms with van der Waals surface area (Å²) >= 11 is -1.95. The summed E-state index contributed by atoms with van der Waals surface area (Å²) in [6.07, 6.45) is 14.3. The van der Waals surface area contributed by atoms with Crippen LogP contribution in [0, 0.1) is 11.8 Å². The Morgan fingerprint density at radius 2 is 1.83 bits per heavy atom. The van der Waals surface area contributed by atoms with Gasteiger partial charge in [0.25, 0.3) is 0 Å². The van der Waals surface area contributed by atoms with Crippen molar-refractivity contribution in [3.63, 3.8) is 0 Å². The minimum atomic E-state index is -1.95. The first-order chi connectivity index (χ1) is 17.1. The molecule has 1 aromatic carbocycles. The van der Waals surface area contributed by atoms with Gasteiger partial charge in [-0.15, -0.1) is 0 Å². The molecule has 2 heterocycles. The van der Waals surface area contributed by atoms with E-state index in [1.165, 1.54) is 50.3 Å². The van der Waals surface area contributed by atoms with Gasteiger partial charge in [0.05, 0.1) is 0 Å². The summed E-state index contributed by atoms with van der Waals surface area (Å²) in [5.74, 6) is 2.25. The summed E-state index contributed by atoms with van der Waals surface area (Å²) in [6.45, 7) is 2.14. The van der Waals surface area contributed by atoms with Crippen LogP contribution in [0.1, 0.15) is 84.0 Å². The number of hydrogen-bond acceptors (Lipinski definition) is 5. The molecule has 3 N–H and O–H groups in total. The molecule has 5 nitrogen and oxygen atoms in total. The number of para-hydroxylation sites is 1. The van der Waals surface area contributed by atoms with Crippen molar-refractivity contribution in [2.24, 2.45) is 22.6 Å². The number of pyridine rings is 1. The molecule has 5 rings (SSSR count). The van der Waals surface area contributed by atoms with Crippen molar-refractivity contribution in [2.75, 3.05) is 9.74 Å². The average Bonchev–Trinajstić information content (AvgIpc) is 3.12. The van der Waals surface area contributed by atoms with Crippen molar-refractivity contribution >= 4 is 44.2 Å². The van der Waals surface area contributed by atoms with E-state index in [2.05, 4.69) is 42.6 Å². The molecule has 6 heteroatoms. The molecule has 0 amide bonds. The summed E-state index contributed by atoms with van der Waals surface area (Å²) in [5.41, 5.74) is 6.94. The molecule has 1 aliphatic heterocycles. The molecule has 3 atom stereocenters. The number of alkyl halides is 1. The Morgan fingerprint density at radius 1 is 1.03 bits per heavy atom. The van der Waals surface area contributed by atoms with E-state index in [1.807, 2.05) is 6.07 Å². The normalized spacial score (nSPS) is 28.9. The van der Waals surface area contributed by atoms with E-state index in [4.69, 9.17) is 15.7 Å². The zero-order valence-electron chi connectivity index (χ0n) is 21.1. The predicted octanol–water partition coefficient (Wildman–Crippen LogP) is 7.08. The SMILES string of the molecule is CCI1C(=O)[C@@](CCC2CCCCC2)(C[C@H]2CCC[C@@H](Nc3ccc4ccccc4n3)C2)N=C1N. The fourth-order valence-corrected chi connectivity index (χ4v) is 11.2. The van der Waals surface area contributed by atoms with E-state index < -0.39 is 25.4 Å². The zero-order chi connectivity index (χ0) is 24.3. The number of rotatable bonds is 8. The molecule has 3 aliphatic rings. The number of nitrogens with two attached hydrogens (primary N) is 1. The summed E-state index contributed by atoms with van der Waals surface area (Å²) in [4.78, 5) is 23.7. The molecule has 0 bridgehead atoms. The van der Waals surface area contributed by atoms with Gasteiger partial charge in [-0.3, -0.25) is 0 Å². The van der Waals surface area contributed by atoms with Gasteiger partial charge in [-0.25, -0.2) is 0 Å². The first-order valence-electron chi connectivity index (χ1n) is 13.7. The number of halogens is 1. The zero-order valence-corrected chi connectivity index (χ0v) is 23.3. The topological polar surface area (TPSA) is 80.4 Å². The van der Waals surface area contributed by atoms with Crippen molar-refractivity contribution < 1.29 is 4.79 Å². The molecular weight excluding hydrogens is 547 g/mol. The van der Waals surface area contributed by atoms with E-state index >= 15 is 0 Å². The number of fused-ring (bicyclic) bond motifs is 1. The third-order valence-electron chi connectivity index (χ3n) is 8.45. The van der Waals surface area contributed by atoms with Gasteiger partial charge in [-0.05, 0) is 0 Å². The number of aromatic nitrogens is 1. The summed E-state index contributed by atoms with van der Waals surface area (Å²) in [6, 6.07) is 12.9. The quantitative estimate of drug-likeness (QED) is 0.150. The number of carbonyl (C=O) groups is 1. The Bertz CT molecular complexity index is 1070. The number of carbonyl (C=O) groups excluding carboxylic acids is 1. The summed E-state index contributed by atoms with van der Waals surface area (Å²) in [5, 5.41) is 4.89. The van der Waals surface area contributed by atoms with Crippen LogP contribution in [0.3, 0.4) is 0 Å². The Kier molecular flexibility index (Phi) is 7.95. The standard InChI is InChI=1S/C29H41IN4O/c1-2-30-27(35)29(34-28(30)31,18-17-21-9-4-3-5-10-21)20-22-11-8-13-24(19-22)32-26-16-15-23-12-6-7-14-25(23)33-26/h6-7,12,14-16,21-22,24H,2-5,8-11,13,17-20H2,1H3,(H2,31,34)(H,32,33)/t22-,24+,29+/m0/s1. The molecule has 2 aromatic rings. The van der Waals surface area contributed by atoms with Gasteiger partial charge in [0.1, 0.15) is 0 Å². The van der Waals surface area contributed by atoms with Gasteiger partial charge in [0.2, 0.25) is 0 Å². The number of amidine groups is 1. The second-order valence-corrected chi connectivity index (χ2v) is 16.6. The van der Waals surface area contributed by atoms with Crippen molar-refractivity contribution in [2.45, 2.75) is 95.6 Å². The maximum absolute atomic E-state index is 13.8. The van der Waals surface area contributed by atoms with Gasteiger partial charge >= 0.3 is 212 Å². The van der Waals surface area contributed by atoms with Crippen LogP contribution in [-0.2, 0) is 4.79 Å². The molecule has 0 saturated heterocycles. The van der Waals surface area contributed by atoms with Crippen molar-refractivity contribution in [1.82, 2.24) is 4.98 Å². The molecule has 1 aromatic heterocycles. The van der Waals surface area contributed by atoms with Crippen molar-refractivity contribution in [1.29, 1.82) is 0 Å². The van der Waals surface area contributed by atoms with E-state index in [-0.39, 0.29) is 0 Å². The number of nitrogens with one attached hydrogen (secondary N) is 1. The van der Waals surface area contributed by atoms with Gasteiger partial charge < -0.3 is 0 Å². The molecule has 0 radical (unpaired) electrons. The van der Waals surface area contributed by atoms with Crippen LogP contribution in [0.4, 0.5) is 5.82 Å². The average molecular weight is 589 g/mol. The molecule has 190 valence electrons. The molecular formula is C29H41IN4O. The van der Waals surface area contributed by atoms with Crippen LogP contribution in [-0.4, -0.2) is 28.6 Å². The van der Waals surface area contributed by atoms with E-state index in [1.54, 1.807) is 0 Å². The molecule has 2 saturated carbocycles. The monoisotopic (exact) mass is 588 g/mol. The molecule has 0 spiro atoms. The Hall–Kier alpha value is -1.70. The summed E-state index contributed by atoms with van der Waals surface area (Å²) < 4.78 is 2.13. The number of nitrogens with zero attached hydrogens (tertiary/aromatic N) is 2. The maximum atomic E-state index is 13.8. The van der Waals surface area contributed by atoms with Crippen LogP contribution >= 0.6 is 19.8 Å².